The Balaban J connectivity index is 1.82. The predicted molar refractivity (Wildman–Crippen MR) is 95.1 cm³/mol. The fourth-order valence-corrected chi connectivity index (χ4v) is 2.73. The highest BCUT2D eigenvalue weighted by Crippen LogP contribution is 2.26. The first-order valence-electron chi connectivity index (χ1n) is 7.95. The number of rotatable bonds is 3. The molecule has 4 aromatic rings. The van der Waals surface area contributed by atoms with Gasteiger partial charge in [-0.2, -0.15) is 0 Å². The lowest BCUT2D eigenvalue weighted by Crippen LogP contribution is -2.14. The summed E-state index contributed by atoms with van der Waals surface area (Å²) in [6, 6.07) is 16.8. The first-order chi connectivity index (χ1) is 12.2. The maximum absolute atomic E-state index is 12.8. The van der Waals surface area contributed by atoms with Gasteiger partial charge in [0.1, 0.15) is 17.1 Å². The van der Waals surface area contributed by atoms with Crippen LogP contribution in [-0.4, -0.2) is 10.9 Å². The van der Waals surface area contributed by atoms with Crippen LogP contribution in [-0.2, 0) is 0 Å². The average Bonchev–Trinajstić information content (AvgIpc) is 3.08. The van der Waals surface area contributed by atoms with Crippen LogP contribution in [0.2, 0.25) is 0 Å². The van der Waals surface area contributed by atoms with Crippen LogP contribution in [0.1, 0.15) is 16.1 Å². The van der Waals surface area contributed by atoms with Crippen LogP contribution >= 0.6 is 0 Å². The molecule has 0 saturated carbocycles. The molecule has 0 aliphatic heterocycles. The molecule has 3 aromatic heterocycles. The molecule has 2 N–H and O–H groups in total. The fraction of sp³-hybridized carbons (Fsp3) is 0.0500. The summed E-state index contributed by atoms with van der Waals surface area (Å²) in [6.45, 7) is 1.88. The third kappa shape index (κ3) is 2.99. The SMILES string of the molecule is Cc1ccc(-c2cc(C(=O)Nc3ccc[nH+]c3)c3ccccc3n2)o1. The van der Waals surface area contributed by atoms with Crippen LogP contribution in [0.4, 0.5) is 5.69 Å². The van der Waals surface area contributed by atoms with Gasteiger partial charge in [0.05, 0.1) is 11.1 Å². The number of H-pyrrole nitrogens is 1. The van der Waals surface area contributed by atoms with Crippen molar-refractivity contribution in [3.05, 3.63) is 78.3 Å². The number of carbonyl (C=O) groups is 1. The molecule has 5 heteroatoms. The van der Waals surface area contributed by atoms with Gasteiger partial charge in [-0.25, -0.2) is 9.97 Å². The third-order valence-electron chi connectivity index (χ3n) is 3.92. The third-order valence-corrected chi connectivity index (χ3v) is 3.92. The summed E-state index contributed by atoms with van der Waals surface area (Å²) in [5, 5.41) is 3.70. The number of para-hydroxylation sites is 1. The Labute approximate surface area is 144 Å². The Morgan fingerprint density at radius 2 is 2.00 bits per heavy atom. The number of hydrogen-bond acceptors (Lipinski definition) is 3. The van der Waals surface area contributed by atoms with E-state index in [1.165, 1.54) is 0 Å². The lowest BCUT2D eigenvalue weighted by atomic mass is 10.1. The number of fused-ring (bicyclic) bond motifs is 1. The number of furan rings is 1. The minimum absolute atomic E-state index is 0.192. The van der Waals surface area contributed by atoms with E-state index in [0.717, 1.165) is 16.7 Å². The van der Waals surface area contributed by atoms with Crippen LogP contribution in [0.3, 0.4) is 0 Å². The van der Waals surface area contributed by atoms with Gasteiger partial charge in [-0.15, -0.1) is 0 Å². The highest BCUT2D eigenvalue weighted by Gasteiger charge is 2.16. The molecule has 0 aliphatic carbocycles. The van der Waals surface area contributed by atoms with Gasteiger partial charge in [-0.1, -0.05) is 18.2 Å². The van der Waals surface area contributed by atoms with E-state index >= 15 is 0 Å². The van der Waals surface area contributed by atoms with Crippen molar-refractivity contribution < 1.29 is 14.2 Å². The molecule has 0 saturated heterocycles. The molecule has 25 heavy (non-hydrogen) atoms. The monoisotopic (exact) mass is 330 g/mol. The Morgan fingerprint density at radius 1 is 1.12 bits per heavy atom. The van der Waals surface area contributed by atoms with E-state index in [9.17, 15) is 4.79 Å². The second-order valence-corrected chi connectivity index (χ2v) is 5.73. The van der Waals surface area contributed by atoms with Crippen molar-refractivity contribution in [2.45, 2.75) is 6.92 Å². The zero-order valence-corrected chi connectivity index (χ0v) is 13.6. The number of anilines is 1. The van der Waals surface area contributed by atoms with E-state index in [0.29, 0.717) is 22.7 Å². The molecule has 3 heterocycles. The number of aromatic nitrogens is 2. The molecular weight excluding hydrogens is 314 g/mol. The molecule has 1 aromatic carbocycles. The smallest absolute Gasteiger partial charge is 0.256 e. The molecule has 0 atom stereocenters. The lowest BCUT2D eigenvalue weighted by Gasteiger charge is -2.09. The summed E-state index contributed by atoms with van der Waals surface area (Å²) in [6.07, 6.45) is 3.52. The molecule has 0 bridgehead atoms. The summed E-state index contributed by atoms with van der Waals surface area (Å²) in [7, 11) is 0. The van der Waals surface area contributed by atoms with Crippen LogP contribution in [0.15, 0.2) is 71.4 Å². The zero-order valence-electron chi connectivity index (χ0n) is 13.6. The van der Waals surface area contributed by atoms with Gasteiger partial charge in [0.25, 0.3) is 5.91 Å². The van der Waals surface area contributed by atoms with Crippen molar-refractivity contribution in [1.29, 1.82) is 0 Å². The van der Waals surface area contributed by atoms with Crippen LogP contribution < -0.4 is 10.3 Å². The van der Waals surface area contributed by atoms with E-state index in [1.807, 2.05) is 55.5 Å². The summed E-state index contributed by atoms with van der Waals surface area (Å²) >= 11 is 0. The lowest BCUT2D eigenvalue weighted by molar-refractivity contribution is -0.377. The number of nitrogens with one attached hydrogen (secondary N) is 2. The van der Waals surface area contributed by atoms with Gasteiger partial charge < -0.3 is 9.73 Å². The minimum Gasteiger partial charge on any atom is -0.460 e. The molecule has 0 spiro atoms. The number of hydrogen-bond donors (Lipinski definition) is 1. The number of carbonyl (C=O) groups excluding carboxylic acids is 1. The number of pyridine rings is 2. The van der Waals surface area contributed by atoms with Crippen LogP contribution in [0.25, 0.3) is 22.4 Å². The molecule has 0 unspecified atom stereocenters. The second kappa shape index (κ2) is 6.20. The first-order valence-corrected chi connectivity index (χ1v) is 7.95. The normalized spacial score (nSPS) is 10.8. The van der Waals surface area contributed by atoms with Crippen molar-refractivity contribution in [2.75, 3.05) is 5.32 Å². The average molecular weight is 330 g/mol. The van der Waals surface area contributed by atoms with Gasteiger partial charge in [0.15, 0.2) is 18.2 Å². The fourth-order valence-electron chi connectivity index (χ4n) is 2.73. The molecule has 122 valence electrons. The number of aromatic amines is 1. The summed E-state index contributed by atoms with van der Waals surface area (Å²) in [4.78, 5) is 20.4. The van der Waals surface area contributed by atoms with Gasteiger partial charge in [-0.3, -0.25) is 4.79 Å². The molecule has 1 amide bonds. The highest BCUT2D eigenvalue weighted by molar-refractivity contribution is 6.12. The second-order valence-electron chi connectivity index (χ2n) is 5.73. The van der Waals surface area contributed by atoms with Crippen molar-refractivity contribution in [3.63, 3.8) is 0 Å². The van der Waals surface area contributed by atoms with E-state index in [-0.39, 0.29) is 5.91 Å². The Hall–Kier alpha value is -3.47. The van der Waals surface area contributed by atoms with Gasteiger partial charge >= 0.3 is 0 Å². The largest absolute Gasteiger partial charge is 0.460 e. The maximum Gasteiger partial charge on any atom is 0.256 e. The number of nitrogens with zero attached hydrogens (tertiary/aromatic N) is 1. The van der Waals surface area contributed by atoms with Crippen molar-refractivity contribution in [2.24, 2.45) is 0 Å². The number of benzene rings is 1. The molecule has 0 aliphatic rings. The van der Waals surface area contributed by atoms with E-state index < -0.39 is 0 Å². The van der Waals surface area contributed by atoms with E-state index in [1.54, 1.807) is 18.5 Å². The molecule has 4 rings (SSSR count). The summed E-state index contributed by atoms with van der Waals surface area (Å²) < 4.78 is 5.67. The maximum atomic E-state index is 12.8. The predicted octanol–water partition coefficient (Wildman–Crippen LogP) is 3.87. The van der Waals surface area contributed by atoms with E-state index in [2.05, 4.69) is 15.3 Å². The Kier molecular flexibility index (Phi) is 3.74. The molecule has 0 radical (unpaired) electrons. The summed E-state index contributed by atoms with van der Waals surface area (Å²) in [5.41, 5.74) is 2.64. The number of aryl methyl sites for hydroxylation is 1. The van der Waals surface area contributed by atoms with Crippen molar-refractivity contribution >= 4 is 22.5 Å². The zero-order chi connectivity index (χ0) is 17.2. The van der Waals surface area contributed by atoms with Crippen molar-refractivity contribution in [3.8, 4) is 11.5 Å². The van der Waals surface area contributed by atoms with Gasteiger partial charge in [0.2, 0.25) is 0 Å². The molecule has 5 nitrogen and oxygen atoms in total. The van der Waals surface area contributed by atoms with Crippen LogP contribution in [0, 0.1) is 6.92 Å². The Morgan fingerprint density at radius 3 is 2.76 bits per heavy atom. The number of amides is 1. The van der Waals surface area contributed by atoms with Gasteiger partial charge in [-0.05, 0) is 37.3 Å². The van der Waals surface area contributed by atoms with Gasteiger partial charge in [0, 0.05) is 11.5 Å². The summed E-state index contributed by atoms with van der Waals surface area (Å²) in [5.74, 6) is 1.25. The standard InChI is InChI=1S/C20H15N3O2/c1-13-8-9-19(25-13)18-11-16(15-6-2-3-7-17(15)23-18)20(24)22-14-5-4-10-21-12-14/h2-12H,1H3,(H,22,24)/p+1. The highest BCUT2D eigenvalue weighted by atomic mass is 16.3. The molecular formula is C20H16N3O2+. The quantitative estimate of drug-likeness (QED) is 0.620. The molecule has 0 fully saturated rings. The van der Waals surface area contributed by atoms with E-state index in [4.69, 9.17) is 4.42 Å². The van der Waals surface area contributed by atoms with Crippen LogP contribution in [0.5, 0.6) is 0 Å². The minimum atomic E-state index is -0.192. The first kappa shape index (κ1) is 15.1. The topological polar surface area (TPSA) is 69.3 Å². The van der Waals surface area contributed by atoms with Crippen molar-refractivity contribution in [1.82, 2.24) is 4.98 Å². The Bertz CT molecular complexity index is 1050.